The van der Waals surface area contributed by atoms with Crippen LogP contribution in [0.15, 0.2) is 29.8 Å². The summed E-state index contributed by atoms with van der Waals surface area (Å²) in [6.45, 7) is 1.98. The summed E-state index contributed by atoms with van der Waals surface area (Å²) in [5, 5.41) is 11.7. The highest BCUT2D eigenvalue weighted by Crippen LogP contribution is 2.27. The van der Waals surface area contributed by atoms with E-state index in [4.69, 9.17) is 9.84 Å². The van der Waals surface area contributed by atoms with Crippen molar-refractivity contribution in [2.75, 3.05) is 11.9 Å². The van der Waals surface area contributed by atoms with Gasteiger partial charge in [0.05, 0.1) is 0 Å². The average Bonchev–Trinajstić information content (AvgIpc) is 2.42. The number of hydrogen-bond acceptors (Lipinski definition) is 3. The molecule has 1 aliphatic rings. The molecule has 0 aromatic heterocycles. The van der Waals surface area contributed by atoms with Crippen LogP contribution in [0.3, 0.4) is 0 Å². The predicted octanol–water partition coefficient (Wildman–Crippen LogP) is 2.37. The maximum Gasteiger partial charge on any atom is 0.331 e. The van der Waals surface area contributed by atoms with E-state index in [0.717, 1.165) is 17.7 Å². The summed E-state index contributed by atoms with van der Waals surface area (Å²) in [6, 6.07) is 5.52. The van der Waals surface area contributed by atoms with E-state index in [1.165, 1.54) is 0 Å². The summed E-state index contributed by atoms with van der Waals surface area (Å²) in [7, 11) is 0. The van der Waals surface area contributed by atoms with Gasteiger partial charge in [-0.2, -0.15) is 0 Å². The van der Waals surface area contributed by atoms with Crippen molar-refractivity contribution in [2.45, 2.75) is 26.2 Å². The lowest BCUT2D eigenvalue weighted by atomic mass is 10.0. The van der Waals surface area contributed by atoms with E-state index in [0.29, 0.717) is 24.2 Å². The molecule has 0 saturated carbocycles. The van der Waals surface area contributed by atoms with E-state index in [1.54, 1.807) is 19.1 Å². The molecule has 0 saturated heterocycles. The zero-order valence-electron chi connectivity index (χ0n) is 11.3. The zero-order chi connectivity index (χ0) is 14.5. The fraction of sp³-hybridized carbons (Fsp3) is 0.333. The molecule has 1 aromatic carbocycles. The Morgan fingerprint density at radius 1 is 1.45 bits per heavy atom. The lowest BCUT2D eigenvalue weighted by Crippen LogP contribution is -2.18. The maximum atomic E-state index is 11.3. The largest absolute Gasteiger partial charge is 0.489 e. The number of carboxylic acid groups (broad SMARTS) is 1. The fourth-order valence-corrected chi connectivity index (χ4v) is 2.06. The van der Waals surface area contributed by atoms with Crippen LogP contribution in [0, 0.1) is 0 Å². The number of benzene rings is 1. The second kappa shape index (κ2) is 6.23. The van der Waals surface area contributed by atoms with E-state index >= 15 is 0 Å². The SMILES string of the molecule is CC/C(=C/COc1ccc2c(c1)NC(=O)CC2)C(=O)O. The van der Waals surface area contributed by atoms with E-state index in [1.807, 2.05) is 12.1 Å². The number of anilines is 1. The van der Waals surface area contributed by atoms with Crippen molar-refractivity contribution in [1.29, 1.82) is 0 Å². The Kier molecular flexibility index (Phi) is 4.40. The molecule has 0 aliphatic carbocycles. The normalized spacial score (nSPS) is 14.4. The highest BCUT2D eigenvalue weighted by Gasteiger charge is 2.14. The van der Waals surface area contributed by atoms with Crippen LogP contribution in [0.4, 0.5) is 5.69 Å². The van der Waals surface area contributed by atoms with Gasteiger partial charge in [-0.1, -0.05) is 13.0 Å². The molecule has 2 N–H and O–H groups in total. The molecule has 20 heavy (non-hydrogen) atoms. The van der Waals surface area contributed by atoms with Crippen LogP contribution in [-0.2, 0) is 16.0 Å². The number of carbonyl (C=O) groups excluding carboxylic acids is 1. The first-order valence-electron chi connectivity index (χ1n) is 6.58. The molecule has 0 unspecified atom stereocenters. The van der Waals surface area contributed by atoms with Crippen molar-refractivity contribution in [2.24, 2.45) is 0 Å². The Hall–Kier alpha value is -2.30. The van der Waals surface area contributed by atoms with Crippen LogP contribution in [0.25, 0.3) is 0 Å². The summed E-state index contributed by atoms with van der Waals surface area (Å²) < 4.78 is 5.50. The number of hydrogen-bond donors (Lipinski definition) is 2. The quantitative estimate of drug-likeness (QED) is 0.809. The molecule has 0 atom stereocenters. The molecule has 0 fully saturated rings. The van der Waals surface area contributed by atoms with E-state index in [9.17, 15) is 9.59 Å². The second-order valence-corrected chi connectivity index (χ2v) is 4.57. The number of amides is 1. The summed E-state index contributed by atoms with van der Waals surface area (Å²) >= 11 is 0. The van der Waals surface area contributed by atoms with Gasteiger partial charge in [0, 0.05) is 23.7 Å². The molecule has 5 nitrogen and oxygen atoms in total. The highest BCUT2D eigenvalue weighted by molar-refractivity contribution is 5.94. The third kappa shape index (κ3) is 3.38. The van der Waals surface area contributed by atoms with Crippen molar-refractivity contribution in [1.82, 2.24) is 0 Å². The van der Waals surface area contributed by atoms with Gasteiger partial charge in [-0.25, -0.2) is 4.79 Å². The van der Waals surface area contributed by atoms with Crippen molar-refractivity contribution in [3.63, 3.8) is 0 Å². The van der Waals surface area contributed by atoms with E-state index in [-0.39, 0.29) is 12.5 Å². The van der Waals surface area contributed by atoms with Crippen LogP contribution >= 0.6 is 0 Å². The Labute approximate surface area is 117 Å². The Balaban J connectivity index is 2.02. The van der Waals surface area contributed by atoms with E-state index in [2.05, 4.69) is 5.32 Å². The number of ether oxygens (including phenoxy) is 1. The Morgan fingerprint density at radius 3 is 2.95 bits per heavy atom. The molecule has 0 radical (unpaired) electrons. The summed E-state index contributed by atoms with van der Waals surface area (Å²) in [6.07, 6.45) is 3.26. The molecule has 1 amide bonds. The third-order valence-electron chi connectivity index (χ3n) is 3.21. The number of nitrogens with one attached hydrogen (secondary N) is 1. The first-order chi connectivity index (χ1) is 9.60. The molecule has 1 aromatic rings. The smallest absolute Gasteiger partial charge is 0.331 e. The molecule has 2 rings (SSSR count). The average molecular weight is 275 g/mol. The predicted molar refractivity (Wildman–Crippen MR) is 74.9 cm³/mol. The van der Waals surface area contributed by atoms with Crippen molar-refractivity contribution < 1.29 is 19.4 Å². The minimum atomic E-state index is -0.922. The van der Waals surface area contributed by atoms with Crippen LogP contribution in [0.5, 0.6) is 5.75 Å². The van der Waals surface area contributed by atoms with Gasteiger partial charge in [0.2, 0.25) is 5.91 Å². The Bertz CT molecular complexity index is 563. The van der Waals surface area contributed by atoms with Gasteiger partial charge >= 0.3 is 5.97 Å². The van der Waals surface area contributed by atoms with Gasteiger partial charge in [0.25, 0.3) is 0 Å². The van der Waals surface area contributed by atoms with Gasteiger partial charge in [-0.05, 0) is 30.5 Å². The monoisotopic (exact) mass is 275 g/mol. The van der Waals surface area contributed by atoms with Crippen LogP contribution in [0.2, 0.25) is 0 Å². The summed E-state index contributed by atoms with van der Waals surface area (Å²) in [5.41, 5.74) is 2.19. The van der Waals surface area contributed by atoms with Crippen LogP contribution < -0.4 is 10.1 Å². The Morgan fingerprint density at radius 2 is 2.25 bits per heavy atom. The number of aliphatic carboxylic acids is 1. The lowest BCUT2D eigenvalue weighted by Gasteiger charge is -2.17. The van der Waals surface area contributed by atoms with Crippen LogP contribution in [-0.4, -0.2) is 23.6 Å². The number of rotatable bonds is 5. The molecule has 106 valence electrons. The van der Waals surface area contributed by atoms with Crippen molar-refractivity contribution in [3.8, 4) is 5.75 Å². The van der Waals surface area contributed by atoms with Gasteiger partial charge in [-0.15, -0.1) is 0 Å². The minimum absolute atomic E-state index is 0.00805. The molecular weight excluding hydrogens is 258 g/mol. The fourth-order valence-electron chi connectivity index (χ4n) is 2.06. The first-order valence-corrected chi connectivity index (χ1v) is 6.58. The molecule has 0 spiro atoms. The van der Waals surface area contributed by atoms with Gasteiger partial charge < -0.3 is 15.2 Å². The second-order valence-electron chi connectivity index (χ2n) is 4.57. The molecule has 0 bridgehead atoms. The van der Waals surface area contributed by atoms with E-state index < -0.39 is 5.97 Å². The number of fused-ring (bicyclic) bond motifs is 1. The highest BCUT2D eigenvalue weighted by atomic mass is 16.5. The molecular formula is C15H17NO4. The zero-order valence-corrected chi connectivity index (χ0v) is 11.3. The van der Waals surface area contributed by atoms with Gasteiger partial charge in [0.1, 0.15) is 12.4 Å². The third-order valence-corrected chi connectivity index (χ3v) is 3.21. The summed E-state index contributed by atoms with van der Waals surface area (Å²) in [5.74, 6) is -0.300. The minimum Gasteiger partial charge on any atom is -0.489 e. The van der Waals surface area contributed by atoms with Crippen LogP contribution in [0.1, 0.15) is 25.3 Å². The van der Waals surface area contributed by atoms with Gasteiger partial charge in [0.15, 0.2) is 0 Å². The number of carboxylic acids is 1. The van der Waals surface area contributed by atoms with Crippen molar-refractivity contribution >= 4 is 17.6 Å². The maximum absolute atomic E-state index is 11.3. The molecule has 5 heteroatoms. The first kappa shape index (κ1) is 14.1. The molecule has 1 aliphatic heterocycles. The van der Waals surface area contributed by atoms with Crippen molar-refractivity contribution in [3.05, 3.63) is 35.4 Å². The topological polar surface area (TPSA) is 75.6 Å². The number of aryl methyl sites for hydroxylation is 1. The standard InChI is InChI=1S/C15H17NO4/c1-2-10(15(18)19)7-8-20-12-5-3-11-4-6-14(17)16-13(11)9-12/h3,5,7,9H,2,4,6,8H2,1H3,(H,16,17)(H,18,19)/b10-7-. The number of carbonyl (C=O) groups is 2. The van der Waals surface area contributed by atoms with Gasteiger partial charge in [-0.3, -0.25) is 4.79 Å². The molecule has 1 heterocycles. The lowest BCUT2D eigenvalue weighted by molar-refractivity contribution is -0.132. The summed E-state index contributed by atoms with van der Waals surface area (Å²) in [4.78, 5) is 22.2.